The minimum atomic E-state index is -0.393. The third-order valence-corrected chi connectivity index (χ3v) is 3.87. The first kappa shape index (κ1) is 16.6. The van der Waals surface area contributed by atoms with Crippen molar-refractivity contribution in [1.82, 2.24) is 15.1 Å². The lowest BCUT2D eigenvalue weighted by Gasteiger charge is -2.20. The molecule has 1 aromatic carbocycles. The Labute approximate surface area is 144 Å². The van der Waals surface area contributed by atoms with E-state index in [-0.39, 0.29) is 11.6 Å². The molecule has 0 aliphatic heterocycles. The number of anilines is 1. The SMILES string of the molecule is CCN(CC)c1ccc(-c2nc(-c3cccnc3)no2)cc1[N+](=O)[O-]. The summed E-state index contributed by atoms with van der Waals surface area (Å²) in [6.07, 6.45) is 3.28. The largest absolute Gasteiger partial charge is 0.367 e. The van der Waals surface area contributed by atoms with Gasteiger partial charge >= 0.3 is 0 Å². The van der Waals surface area contributed by atoms with Gasteiger partial charge in [0.2, 0.25) is 5.82 Å². The average molecular weight is 339 g/mol. The van der Waals surface area contributed by atoms with Crippen LogP contribution in [0.5, 0.6) is 0 Å². The smallest absolute Gasteiger partial charge is 0.293 e. The fourth-order valence-electron chi connectivity index (χ4n) is 2.59. The Morgan fingerprint density at radius 3 is 2.64 bits per heavy atom. The van der Waals surface area contributed by atoms with Gasteiger partial charge in [0.05, 0.1) is 4.92 Å². The van der Waals surface area contributed by atoms with E-state index in [1.165, 1.54) is 6.07 Å². The van der Waals surface area contributed by atoms with Gasteiger partial charge in [-0.2, -0.15) is 4.98 Å². The van der Waals surface area contributed by atoms with Crippen molar-refractivity contribution in [3.63, 3.8) is 0 Å². The van der Waals surface area contributed by atoms with E-state index in [0.29, 0.717) is 35.7 Å². The van der Waals surface area contributed by atoms with Crippen molar-refractivity contribution in [3.8, 4) is 22.8 Å². The lowest BCUT2D eigenvalue weighted by Crippen LogP contribution is -2.22. The van der Waals surface area contributed by atoms with Crippen molar-refractivity contribution in [1.29, 1.82) is 0 Å². The fourth-order valence-corrected chi connectivity index (χ4v) is 2.59. The van der Waals surface area contributed by atoms with Gasteiger partial charge < -0.3 is 9.42 Å². The molecule has 8 heteroatoms. The van der Waals surface area contributed by atoms with Crippen LogP contribution in [0.2, 0.25) is 0 Å². The first-order chi connectivity index (χ1) is 12.1. The molecule has 0 bridgehead atoms. The number of nitrogens with zero attached hydrogens (tertiary/aromatic N) is 5. The number of benzene rings is 1. The molecule has 0 fully saturated rings. The molecule has 0 saturated heterocycles. The molecular formula is C17H17N5O3. The summed E-state index contributed by atoms with van der Waals surface area (Å²) in [5.41, 5.74) is 1.81. The van der Waals surface area contributed by atoms with E-state index in [4.69, 9.17) is 4.52 Å². The molecule has 3 aromatic rings. The van der Waals surface area contributed by atoms with Crippen LogP contribution in [0.25, 0.3) is 22.8 Å². The summed E-state index contributed by atoms with van der Waals surface area (Å²) in [5.74, 6) is 0.617. The summed E-state index contributed by atoms with van der Waals surface area (Å²) in [6.45, 7) is 5.28. The third kappa shape index (κ3) is 3.32. The summed E-state index contributed by atoms with van der Waals surface area (Å²) in [4.78, 5) is 21.3. The van der Waals surface area contributed by atoms with Gasteiger partial charge in [-0.1, -0.05) is 5.16 Å². The van der Waals surface area contributed by atoms with Crippen LogP contribution in [-0.4, -0.2) is 33.1 Å². The lowest BCUT2D eigenvalue weighted by atomic mass is 10.1. The third-order valence-electron chi connectivity index (χ3n) is 3.87. The van der Waals surface area contributed by atoms with Crippen molar-refractivity contribution in [2.75, 3.05) is 18.0 Å². The molecule has 0 spiro atoms. The Hall–Kier alpha value is -3.29. The van der Waals surface area contributed by atoms with Gasteiger partial charge in [-0.25, -0.2) is 0 Å². The molecule has 2 heterocycles. The normalized spacial score (nSPS) is 10.6. The molecule has 0 radical (unpaired) electrons. The van der Waals surface area contributed by atoms with Crippen LogP contribution in [0.1, 0.15) is 13.8 Å². The number of hydrogen-bond donors (Lipinski definition) is 0. The Morgan fingerprint density at radius 1 is 1.20 bits per heavy atom. The molecule has 0 amide bonds. The van der Waals surface area contributed by atoms with Crippen molar-refractivity contribution in [2.45, 2.75) is 13.8 Å². The van der Waals surface area contributed by atoms with Crippen LogP contribution in [0, 0.1) is 10.1 Å². The molecule has 128 valence electrons. The summed E-state index contributed by atoms with van der Waals surface area (Å²) in [5, 5.41) is 15.4. The second kappa shape index (κ2) is 7.08. The molecule has 0 saturated carbocycles. The highest BCUT2D eigenvalue weighted by Crippen LogP contribution is 2.33. The van der Waals surface area contributed by atoms with Gasteiger partial charge in [0, 0.05) is 42.7 Å². The number of pyridine rings is 1. The Bertz CT molecular complexity index is 875. The van der Waals surface area contributed by atoms with Gasteiger partial charge in [-0.05, 0) is 38.1 Å². The van der Waals surface area contributed by atoms with E-state index >= 15 is 0 Å². The maximum atomic E-state index is 11.5. The zero-order valence-corrected chi connectivity index (χ0v) is 13.9. The highest BCUT2D eigenvalue weighted by molar-refractivity contribution is 5.71. The van der Waals surface area contributed by atoms with Crippen molar-refractivity contribution < 1.29 is 9.45 Å². The second-order valence-corrected chi connectivity index (χ2v) is 5.30. The maximum absolute atomic E-state index is 11.5. The van der Waals surface area contributed by atoms with Gasteiger partial charge in [0.25, 0.3) is 11.6 Å². The van der Waals surface area contributed by atoms with Crippen LogP contribution in [0.4, 0.5) is 11.4 Å². The second-order valence-electron chi connectivity index (χ2n) is 5.30. The van der Waals surface area contributed by atoms with Crippen LogP contribution < -0.4 is 4.90 Å². The monoisotopic (exact) mass is 339 g/mol. The zero-order valence-electron chi connectivity index (χ0n) is 13.9. The quantitative estimate of drug-likeness (QED) is 0.500. The number of aromatic nitrogens is 3. The van der Waals surface area contributed by atoms with Gasteiger partial charge in [-0.15, -0.1) is 0 Å². The van der Waals surface area contributed by atoms with Crippen LogP contribution >= 0.6 is 0 Å². The van der Waals surface area contributed by atoms with E-state index in [0.717, 1.165) is 0 Å². The summed E-state index contributed by atoms with van der Waals surface area (Å²) < 4.78 is 5.27. The van der Waals surface area contributed by atoms with Gasteiger partial charge in [0.15, 0.2) is 0 Å². The lowest BCUT2D eigenvalue weighted by molar-refractivity contribution is -0.384. The molecule has 0 aliphatic rings. The molecule has 8 nitrogen and oxygen atoms in total. The van der Waals surface area contributed by atoms with Crippen molar-refractivity contribution in [3.05, 3.63) is 52.8 Å². The number of nitro groups is 1. The number of rotatable bonds is 6. The van der Waals surface area contributed by atoms with E-state index in [1.54, 1.807) is 30.6 Å². The van der Waals surface area contributed by atoms with Crippen LogP contribution in [0.3, 0.4) is 0 Å². The zero-order chi connectivity index (χ0) is 17.8. The minimum absolute atomic E-state index is 0.0160. The molecule has 0 atom stereocenters. The van der Waals surface area contributed by atoms with Crippen LogP contribution in [0.15, 0.2) is 47.2 Å². The Morgan fingerprint density at radius 2 is 2.00 bits per heavy atom. The molecule has 2 aromatic heterocycles. The molecule has 0 aliphatic carbocycles. The highest BCUT2D eigenvalue weighted by atomic mass is 16.6. The average Bonchev–Trinajstić information content (AvgIpc) is 3.14. The van der Waals surface area contributed by atoms with Gasteiger partial charge in [0.1, 0.15) is 5.69 Å². The van der Waals surface area contributed by atoms with E-state index < -0.39 is 4.92 Å². The fraction of sp³-hybridized carbons (Fsp3) is 0.235. The molecule has 0 unspecified atom stereocenters. The number of hydrogen-bond acceptors (Lipinski definition) is 7. The molecular weight excluding hydrogens is 322 g/mol. The first-order valence-corrected chi connectivity index (χ1v) is 7.91. The molecule has 25 heavy (non-hydrogen) atoms. The highest BCUT2D eigenvalue weighted by Gasteiger charge is 2.21. The maximum Gasteiger partial charge on any atom is 0.293 e. The standard InChI is InChI=1S/C17H17N5O3/c1-3-21(4-2)14-8-7-12(10-15(14)22(23)24)17-19-16(20-25-17)13-6-5-9-18-11-13/h5-11H,3-4H2,1-2H3. The topological polar surface area (TPSA) is 98.2 Å². The molecule has 3 rings (SSSR count). The molecule has 0 N–H and O–H groups in total. The Kier molecular flexibility index (Phi) is 4.69. The summed E-state index contributed by atoms with van der Waals surface area (Å²) >= 11 is 0. The first-order valence-electron chi connectivity index (χ1n) is 7.91. The number of nitro benzene ring substituents is 1. The predicted molar refractivity (Wildman–Crippen MR) is 93.2 cm³/mol. The van der Waals surface area contributed by atoms with E-state index in [1.807, 2.05) is 24.8 Å². The summed E-state index contributed by atoms with van der Waals surface area (Å²) in [6, 6.07) is 8.52. The minimum Gasteiger partial charge on any atom is -0.367 e. The van der Waals surface area contributed by atoms with Gasteiger partial charge in [-0.3, -0.25) is 15.1 Å². The van der Waals surface area contributed by atoms with Crippen molar-refractivity contribution >= 4 is 11.4 Å². The predicted octanol–water partition coefficient (Wildman–Crippen LogP) is 3.55. The summed E-state index contributed by atoms with van der Waals surface area (Å²) in [7, 11) is 0. The van der Waals surface area contributed by atoms with Crippen LogP contribution in [-0.2, 0) is 0 Å². The van der Waals surface area contributed by atoms with Crippen molar-refractivity contribution in [2.24, 2.45) is 0 Å². The van der Waals surface area contributed by atoms with E-state index in [2.05, 4.69) is 15.1 Å². The van der Waals surface area contributed by atoms with E-state index in [9.17, 15) is 10.1 Å². The Balaban J connectivity index is 2.00.